The molecule has 2 heterocycles. The zero-order valence-corrected chi connectivity index (χ0v) is 10.1. The molecule has 0 spiro atoms. The van der Waals surface area contributed by atoms with E-state index in [-0.39, 0.29) is 12.3 Å². The molecule has 1 atom stereocenters. The molecule has 0 amide bonds. The summed E-state index contributed by atoms with van der Waals surface area (Å²) in [5.41, 5.74) is 1.15. The molecular formula is C10H13N3O3S. The molecule has 0 bridgehead atoms. The lowest BCUT2D eigenvalue weighted by molar-refractivity contribution is 0.177. The topological polar surface area (TPSA) is 91.1 Å². The summed E-state index contributed by atoms with van der Waals surface area (Å²) in [6.45, 7) is 2.38. The predicted molar refractivity (Wildman–Crippen MR) is 64.4 cm³/mol. The number of aromatic amines is 1. The molecule has 3 N–H and O–H groups in total. The van der Waals surface area contributed by atoms with Crippen molar-refractivity contribution in [1.29, 1.82) is 0 Å². The molecule has 0 radical (unpaired) electrons. The van der Waals surface area contributed by atoms with Gasteiger partial charge in [0.2, 0.25) is 5.89 Å². The monoisotopic (exact) mass is 255 g/mol. The van der Waals surface area contributed by atoms with Gasteiger partial charge in [0, 0.05) is 6.54 Å². The lowest BCUT2D eigenvalue weighted by Gasteiger charge is -2.10. The highest BCUT2D eigenvalue weighted by molar-refractivity contribution is 7.14. The van der Waals surface area contributed by atoms with Crippen LogP contribution in [0.15, 0.2) is 20.7 Å². The van der Waals surface area contributed by atoms with Crippen LogP contribution in [0.3, 0.4) is 0 Å². The van der Waals surface area contributed by atoms with Crippen molar-refractivity contribution in [2.24, 2.45) is 0 Å². The van der Waals surface area contributed by atoms with Crippen LogP contribution in [0.2, 0.25) is 0 Å². The Kier molecular flexibility index (Phi) is 3.60. The van der Waals surface area contributed by atoms with Crippen LogP contribution in [0.25, 0.3) is 0 Å². The predicted octanol–water partition coefficient (Wildman–Crippen LogP) is 0.748. The van der Waals surface area contributed by atoms with Crippen molar-refractivity contribution in [3.63, 3.8) is 0 Å². The van der Waals surface area contributed by atoms with Crippen molar-refractivity contribution in [2.75, 3.05) is 11.9 Å². The molecule has 0 aliphatic carbocycles. The van der Waals surface area contributed by atoms with E-state index in [9.17, 15) is 9.90 Å². The van der Waals surface area contributed by atoms with E-state index in [0.29, 0.717) is 6.54 Å². The fourth-order valence-corrected chi connectivity index (χ4v) is 2.21. The second-order valence-corrected chi connectivity index (χ2v) is 4.59. The van der Waals surface area contributed by atoms with Crippen LogP contribution in [-0.2, 0) is 6.42 Å². The number of aromatic nitrogens is 2. The Hall–Kier alpha value is -1.60. The Bertz CT molecular complexity index is 531. The fraction of sp³-hybridized carbons (Fsp3) is 0.400. The van der Waals surface area contributed by atoms with Crippen LogP contribution in [0.1, 0.15) is 11.5 Å². The van der Waals surface area contributed by atoms with Crippen LogP contribution in [0.5, 0.6) is 0 Å². The SMILES string of the molecule is Cc1ccsc1NCC(O)Cc1n[nH]c(=O)o1. The standard InChI is InChI=1S/C10H13N3O3S/c1-6-2-3-17-9(6)11-5-7(14)4-8-12-13-10(15)16-8/h2-3,7,11,14H,4-5H2,1H3,(H,13,15). The zero-order chi connectivity index (χ0) is 12.3. The van der Waals surface area contributed by atoms with Gasteiger partial charge in [-0.3, -0.25) is 0 Å². The first-order valence-electron chi connectivity index (χ1n) is 5.15. The number of aryl methyl sites for hydroxylation is 1. The number of nitrogens with zero attached hydrogens (tertiary/aromatic N) is 1. The minimum absolute atomic E-state index is 0.205. The highest BCUT2D eigenvalue weighted by Gasteiger charge is 2.10. The maximum atomic E-state index is 10.7. The Labute approximate surface area is 101 Å². The maximum Gasteiger partial charge on any atom is 0.434 e. The summed E-state index contributed by atoms with van der Waals surface area (Å²) in [5.74, 6) is -0.388. The van der Waals surface area contributed by atoms with E-state index >= 15 is 0 Å². The first-order valence-corrected chi connectivity index (χ1v) is 6.03. The molecule has 0 saturated heterocycles. The van der Waals surface area contributed by atoms with Gasteiger partial charge in [-0.15, -0.1) is 16.4 Å². The third-order valence-corrected chi connectivity index (χ3v) is 3.23. The lowest BCUT2D eigenvalue weighted by Crippen LogP contribution is -2.21. The molecule has 7 heteroatoms. The average molecular weight is 255 g/mol. The largest absolute Gasteiger partial charge is 0.434 e. The number of aliphatic hydroxyl groups is 1. The van der Waals surface area contributed by atoms with Crippen molar-refractivity contribution in [2.45, 2.75) is 19.4 Å². The molecule has 2 aromatic rings. The van der Waals surface area contributed by atoms with E-state index in [0.717, 1.165) is 10.6 Å². The molecule has 2 aromatic heterocycles. The molecule has 0 fully saturated rings. The van der Waals surface area contributed by atoms with Gasteiger partial charge in [-0.05, 0) is 23.9 Å². The number of thiophene rings is 1. The third-order valence-electron chi connectivity index (χ3n) is 2.25. The van der Waals surface area contributed by atoms with E-state index in [2.05, 4.69) is 15.5 Å². The molecule has 2 rings (SSSR count). The van der Waals surface area contributed by atoms with E-state index in [1.165, 1.54) is 0 Å². The van der Waals surface area contributed by atoms with Gasteiger partial charge in [0.15, 0.2) is 0 Å². The minimum Gasteiger partial charge on any atom is -0.392 e. The smallest absolute Gasteiger partial charge is 0.392 e. The van der Waals surface area contributed by atoms with Gasteiger partial charge in [0.1, 0.15) is 0 Å². The highest BCUT2D eigenvalue weighted by atomic mass is 32.1. The first-order chi connectivity index (χ1) is 8.15. The van der Waals surface area contributed by atoms with Gasteiger partial charge in [0.05, 0.1) is 17.5 Å². The van der Waals surface area contributed by atoms with E-state index in [1.807, 2.05) is 18.4 Å². The summed E-state index contributed by atoms with van der Waals surface area (Å²) in [4.78, 5) is 10.7. The van der Waals surface area contributed by atoms with Crippen LogP contribution in [0, 0.1) is 6.92 Å². The van der Waals surface area contributed by atoms with Crippen LogP contribution in [-0.4, -0.2) is 28.0 Å². The summed E-state index contributed by atoms with van der Waals surface area (Å²) in [6.07, 6.45) is -0.446. The molecule has 0 aliphatic heterocycles. The normalized spacial score (nSPS) is 12.6. The number of rotatable bonds is 5. The summed E-state index contributed by atoms with van der Waals surface area (Å²) >= 11 is 1.58. The second kappa shape index (κ2) is 5.15. The molecule has 0 saturated carbocycles. The Morgan fingerprint density at radius 3 is 3.12 bits per heavy atom. The van der Waals surface area contributed by atoms with Gasteiger partial charge in [-0.1, -0.05) is 0 Å². The summed E-state index contributed by atoms with van der Waals surface area (Å²) < 4.78 is 4.71. The number of anilines is 1. The average Bonchev–Trinajstić information content (AvgIpc) is 2.85. The maximum absolute atomic E-state index is 10.7. The number of aliphatic hydroxyl groups excluding tert-OH is 1. The summed E-state index contributed by atoms with van der Waals surface area (Å²) in [5, 5.41) is 21.7. The molecule has 17 heavy (non-hydrogen) atoms. The summed E-state index contributed by atoms with van der Waals surface area (Å²) in [6, 6.07) is 2.01. The second-order valence-electron chi connectivity index (χ2n) is 3.68. The quantitative estimate of drug-likeness (QED) is 0.733. The van der Waals surface area contributed by atoms with Gasteiger partial charge in [-0.2, -0.15) is 0 Å². The molecule has 0 aliphatic rings. The van der Waals surface area contributed by atoms with Gasteiger partial charge in [-0.25, -0.2) is 9.89 Å². The Balaban J connectivity index is 1.84. The van der Waals surface area contributed by atoms with Crippen LogP contribution < -0.4 is 11.1 Å². The molecule has 92 valence electrons. The zero-order valence-electron chi connectivity index (χ0n) is 9.27. The molecular weight excluding hydrogens is 242 g/mol. The number of hydrogen-bond acceptors (Lipinski definition) is 6. The third kappa shape index (κ3) is 3.18. The first kappa shape index (κ1) is 11.9. The van der Waals surface area contributed by atoms with Crippen molar-refractivity contribution >= 4 is 16.3 Å². The minimum atomic E-state index is -0.650. The Morgan fingerprint density at radius 2 is 2.53 bits per heavy atom. The number of nitrogens with one attached hydrogen (secondary N) is 2. The highest BCUT2D eigenvalue weighted by Crippen LogP contribution is 2.21. The van der Waals surface area contributed by atoms with E-state index in [1.54, 1.807) is 11.3 Å². The number of H-pyrrole nitrogens is 1. The lowest BCUT2D eigenvalue weighted by atomic mass is 10.2. The van der Waals surface area contributed by atoms with Gasteiger partial charge >= 0.3 is 5.76 Å². The van der Waals surface area contributed by atoms with Crippen LogP contribution in [0.4, 0.5) is 5.00 Å². The van der Waals surface area contributed by atoms with E-state index in [4.69, 9.17) is 4.42 Å². The van der Waals surface area contributed by atoms with Crippen molar-refractivity contribution < 1.29 is 9.52 Å². The van der Waals surface area contributed by atoms with Gasteiger partial charge in [0.25, 0.3) is 0 Å². The Morgan fingerprint density at radius 1 is 1.71 bits per heavy atom. The fourth-order valence-electron chi connectivity index (χ4n) is 1.39. The number of hydrogen-bond donors (Lipinski definition) is 3. The molecule has 0 aromatic carbocycles. The van der Waals surface area contributed by atoms with Crippen molar-refractivity contribution in [3.8, 4) is 0 Å². The van der Waals surface area contributed by atoms with Crippen molar-refractivity contribution in [3.05, 3.63) is 33.5 Å². The summed E-state index contributed by atoms with van der Waals surface area (Å²) in [7, 11) is 0. The van der Waals surface area contributed by atoms with Crippen molar-refractivity contribution in [1.82, 2.24) is 10.2 Å². The van der Waals surface area contributed by atoms with Gasteiger partial charge < -0.3 is 14.8 Å². The van der Waals surface area contributed by atoms with Crippen LogP contribution >= 0.6 is 11.3 Å². The van der Waals surface area contributed by atoms with E-state index < -0.39 is 11.9 Å². The molecule has 1 unspecified atom stereocenters. The molecule has 6 nitrogen and oxygen atoms in total.